The summed E-state index contributed by atoms with van der Waals surface area (Å²) in [7, 11) is 0. The molecule has 0 aromatic heterocycles. The van der Waals surface area contributed by atoms with Crippen LogP contribution in [0.4, 0.5) is 0 Å². The van der Waals surface area contributed by atoms with E-state index in [1.54, 1.807) is 37.3 Å². The van der Waals surface area contributed by atoms with Crippen LogP contribution >= 0.6 is 0 Å². The highest BCUT2D eigenvalue weighted by Gasteiger charge is 2.09. The largest absolute Gasteiger partial charge is 0.462 e. The van der Waals surface area contributed by atoms with E-state index < -0.39 is 11.9 Å². The summed E-state index contributed by atoms with van der Waals surface area (Å²) < 4.78 is 9.61. The molecule has 1 aromatic rings. The molecule has 0 saturated heterocycles. The minimum absolute atomic E-state index is 0.0814. The molecule has 0 spiro atoms. The summed E-state index contributed by atoms with van der Waals surface area (Å²) in [6.07, 6.45) is 1.41. The number of nitrogens with zero attached hydrogens (tertiary/aromatic N) is 1. The van der Waals surface area contributed by atoms with Crippen molar-refractivity contribution in [3.05, 3.63) is 35.4 Å². The number of nitriles is 1. The topological polar surface area (TPSA) is 76.4 Å². The van der Waals surface area contributed by atoms with Crippen LogP contribution in [0.2, 0.25) is 0 Å². The number of carbonyl (C=O) groups excluding carboxylic acids is 2. The summed E-state index contributed by atoms with van der Waals surface area (Å²) in [6.45, 7) is 3.19. The normalized spacial score (nSPS) is 10.5. The first kappa shape index (κ1) is 14.5. The van der Waals surface area contributed by atoms with Crippen LogP contribution < -0.4 is 4.74 Å². The molecule has 0 atom stereocenters. The van der Waals surface area contributed by atoms with Crippen molar-refractivity contribution in [3.63, 3.8) is 0 Å². The van der Waals surface area contributed by atoms with Crippen molar-refractivity contribution in [2.75, 3.05) is 6.61 Å². The van der Waals surface area contributed by atoms with Gasteiger partial charge in [-0.2, -0.15) is 5.26 Å². The Morgan fingerprint density at radius 1 is 1.32 bits per heavy atom. The van der Waals surface area contributed by atoms with Crippen molar-refractivity contribution in [2.45, 2.75) is 13.8 Å². The maximum Gasteiger partial charge on any atom is 0.348 e. The molecule has 0 aliphatic heterocycles. The van der Waals surface area contributed by atoms with Gasteiger partial charge in [-0.15, -0.1) is 0 Å². The number of carbonyl (C=O) groups is 2. The molecule has 0 unspecified atom stereocenters. The Morgan fingerprint density at radius 3 is 2.42 bits per heavy atom. The van der Waals surface area contributed by atoms with E-state index in [4.69, 9.17) is 14.7 Å². The average molecular weight is 259 g/mol. The summed E-state index contributed by atoms with van der Waals surface area (Å²) >= 11 is 0. The van der Waals surface area contributed by atoms with Crippen LogP contribution in [0, 0.1) is 11.3 Å². The number of benzene rings is 1. The van der Waals surface area contributed by atoms with Gasteiger partial charge in [-0.05, 0) is 30.7 Å². The zero-order chi connectivity index (χ0) is 14.3. The van der Waals surface area contributed by atoms with Crippen LogP contribution in [0.15, 0.2) is 29.8 Å². The maximum atomic E-state index is 11.4. The molecule has 5 heteroatoms. The second-order valence-electron chi connectivity index (χ2n) is 3.55. The van der Waals surface area contributed by atoms with Crippen molar-refractivity contribution in [1.82, 2.24) is 0 Å². The van der Waals surface area contributed by atoms with Crippen molar-refractivity contribution >= 4 is 18.0 Å². The average Bonchev–Trinajstić information content (AvgIpc) is 2.37. The molecule has 0 bridgehead atoms. The first-order chi connectivity index (χ1) is 9.06. The first-order valence-corrected chi connectivity index (χ1v) is 5.64. The van der Waals surface area contributed by atoms with E-state index in [-0.39, 0.29) is 12.2 Å². The molecule has 0 aliphatic rings. The monoisotopic (exact) mass is 259 g/mol. The Hall–Kier alpha value is -2.61. The van der Waals surface area contributed by atoms with Crippen LogP contribution in [-0.2, 0) is 14.3 Å². The van der Waals surface area contributed by atoms with Gasteiger partial charge in [0.15, 0.2) is 0 Å². The van der Waals surface area contributed by atoms with Gasteiger partial charge in [0.25, 0.3) is 0 Å². The third-order valence-electron chi connectivity index (χ3n) is 2.07. The van der Waals surface area contributed by atoms with E-state index in [1.165, 1.54) is 13.0 Å². The molecule has 0 radical (unpaired) electrons. The number of ether oxygens (including phenoxy) is 2. The van der Waals surface area contributed by atoms with Gasteiger partial charge in [-0.1, -0.05) is 12.1 Å². The lowest BCUT2D eigenvalue weighted by molar-refractivity contribution is -0.138. The third-order valence-corrected chi connectivity index (χ3v) is 2.07. The van der Waals surface area contributed by atoms with Crippen molar-refractivity contribution < 1.29 is 19.1 Å². The molecule has 0 saturated carbocycles. The lowest BCUT2D eigenvalue weighted by atomic mass is 10.1. The molecule has 1 aromatic carbocycles. The van der Waals surface area contributed by atoms with E-state index in [2.05, 4.69) is 0 Å². The Balaban J connectivity index is 2.88. The lowest BCUT2D eigenvalue weighted by Crippen LogP contribution is -2.06. The second kappa shape index (κ2) is 6.97. The Bertz CT molecular complexity index is 538. The molecule has 19 heavy (non-hydrogen) atoms. The Labute approximate surface area is 111 Å². The molecule has 98 valence electrons. The molecule has 5 nitrogen and oxygen atoms in total. The highest BCUT2D eigenvalue weighted by Crippen LogP contribution is 2.15. The summed E-state index contributed by atoms with van der Waals surface area (Å²) in [5, 5.41) is 8.87. The van der Waals surface area contributed by atoms with Gasteiger partial charge in [0.05, 0.1) is 6.61 Å². The van der Waals surface area contributed by atoms with E-state index in [0.717, 1.165) is 0 Å². The minimum Gasteiger partial charge on any atom is -0.462 e. The molecular weight excluding hydrogens is 246 g/mol. The van der Waals surface area contributed by atoms with Gasteiger partial charge in [-0.3, -0.25) is 4.79 Å². The van der Waals surface area contributed by atoms with Crippen LogP contribution in [-0.4, -0.2) is 18.5 Å². The van der Waals surface area contributed by atoms with Gasteiger partial charge in [-0.25, -0.2) is 4.79 Å². The van der Waals surface area contributed by atoms with E-state index in [1.807, 2.05) is 0 Å². The number of esters is 2. The fourth-order valence-electron chi connectivity index (χ4n) is 1.31. The molecule has 0 N–H and O–H groups in total. The van der Waals surface area contributed by atoms with E-state index >= 15 is 0 Å². The van der Waals surface area contributed by atoms with E-state index in [0.29, 0.717) is 11.3 Å². The molecule has 1 rings (SSSR count). The quantitative estimate of drug-likeness (QED) is 0.358. The Kier molecular flexibility index (Phi) is 5.30. The summed E-state index contributed by atoms with van der Waals surface area (Å²) in [4.78, 5) is 22.2. The number of hydrogen-bond donors (Lipinski definition) is 0. The first-order valence-electron chi connectivity index (χ1n) is 5.64. The molecule has 0 amide bonds. The van der Waals surface area contributed by atoms with Gasteiger partial charge in [0.1, 0.15) is 17.4 Å². The summed E-state index contributed by atoms with van der Waals surface area (Å²) in [6, 6.07) is 8.20. The standard InChI is InChI=1S/C14H13NO4/c1-3-18-14(17)12(9-15)8-11-4-6-13(7-5-11)19-10(2)16/h4-8H,3H2,1-2H3. The van der Waals surface area contributed by atoms with Crippen LogP contribution in [0.1, 0.15) is 19.4 Å². The SMILES string of the molecule is CCOC(=O)C(C#N)=Cc1ccc(OC(C)=O)cc1. The van der Waals surface area contributed by atoms with Gasteiger partial charge >= 0.3 is 11.9 Å². The van der Waals surface area contributed by atoms with Crippen molar-refractivity contribution in [3.8, 4) is 11.8 Å². The second-order valence-corrected chi connectivity index (χ2v) is 3.55. The fraction of sp³-hybridized carbons (Fsp3) is 0.214. The molecule has 0 heterocycles. The molecule has 0 fully saturated rings. The maximum absolute atomic E-state index is 11.4. The minimum atomic E-state index is -0.658. The molecule has 0 aliphatic carbocycles. The number of rotatable bonds is 4. The van der Waals surface area contributed by atoms with Crippen LogP contribution in [0.3, 0.4) is 0 Å². The third kappa shape index (κ3) is 4.64. The van der Waals surface area contributed by atoms with Gasteiger partial charge < -0.3 is 9.47 Å². The van der Waals surface area contributed by atoms with Gasteiger partial charge in [0.2, 0.25) is 0 Å². The fourth-order valence-corrected chi connectivity index (χ4v) is 1.31. The van der Waals surface area contributed by atoms with Crippen LogP contribution in [0.5, 0.6) is 5.75 Å². The smallest absolute Gasteiger partial charge is 0.348 e. The number of hydrogen-bond acceptors (Lipinski definition) is 5. The predicted octanol–water partition coefficient (Wildman–Crippen LogP) is 2.08. The summed E-state index contributed by atoms with van der Waals surface area (Å²) in [5.74, 6) is -0.666. The molecular formula is C14H13NO4. The summed E-state index contributed by atoms with van der Waals surface area (Å²) in [5.41, 5.74) is 0.558. The Morgan fingerprint density at radius 2 is 1.95 bits per heavy atom. The zero-order valence-electron chi connectivity index (χ0n) is 10.7. The zero-order valence-corrected chi connectivity index (χ0v) is 10.7. The van der Waals surface area contributed by atoms with Gasteiger partial charge in [0, 0.05) is 6.92 Å². The van der Waals surface area contributed by atoms with Crippen molar-refractivity contribution in [2.24, 2.45) is 0 Å². The van der Waals surface area contributed by atoms with Crippen LogP contribution in [0.25, 0.3) is 6.08 Å². The lowest BCUT2D eigenvalue weighted by Gasteiger charge is -2.02. The van der Waals surface area contributed by atoms with E-state index in [9.17, 15) is 9.59 Å². The highest BCUT2D eigenvalue weighted by molar-refractivity contribution is 5.97. The highest BCUT2D eigenvalue weighted by atomic mass is 16.5. The van der Waals surface area contributed by atoms with Crippen molar-refractivity contribution in [1.29, 1.82) is 5.26 Å². The predicted molar refractivity (Wildman–Crippen MR) is 68.0 cm³/mol.